The minimum Gasteiger partial charge on any atom is -0.467 e. The van der Waals surface area contributed by atoms with E-state index in [0.29, 0.717) is 12.6 Å². The van der Waals surface area contributed by atoms with Crippen LogP contribution in [0.1, 0.15) is 6.42 Å². The molecule has 0 spiro atoms. The molecule has 0 rings (SSSR count). The van der Waals surface area contributed by atoms with E-state index in [4.69, 9.17) is 4.74 Å². The molecule has 0 fully saturated rings. The Balaban J connectivity index is 3.85. The van der Waals surface area contributed by atoms with Gasteiger partial charge in [-0.05, 0) is 6.42 Å². The molecule has 2 atom stereocenters. The molecule has 0 aliphatic carbocycles. The molecular weight excluding hydrogens is 195 g/mol. The Morgan fingerprint density at radius 3 is 2.38 bits per heavy atom. The van der Waals surface area contributed by atoms with Crippen LogP contribution in [0.2, 0.25) is 0 Å². The third-order valence-corrected chi connectivity index (χ3v) is 2.74. The minimum absolute atomic E-state index is 0.328. The molecule has 0 aliphatic heterocycles. The van der Waals surface area contributed by atoms with Gasteiger partial charge in [-0.3, -0.25) is 4.57 Å². The van der Waals surface area contributed by atoms with Crippen molar-refractivity contribution in [2.75, 3.05) is 27.5 Å². The molecule has 0 saturated heterocycles. The van der Waals surface area contributed by atoms with E-state index in [9.17, 15) is 9.36 Å². The number of carbonyl (C=O) groups is 1. The number of hydrogen-bond acceptors (Lipinski definition) is 5. The zero-order valence-corrected chi connectivity index (χ0v) is 9.03. The lowest BCUT2D eigenvalue weighted by molar-refractivity contribution is -0.152. The summed E-state index contributed by atoms with van der Waals surface area (Å²) < 4.78 is 24.8. The van der Waals surface area contributed by atoms with E-state index in [2.05, 4.69) is 9.26 Å². The molecule has 0 radical (unpaired) electrons. The van der Waals surface area contributed by atoms with Crippen LogP contribution in [0.25, 0.3) is 0 Å². The molecule has 0 amide bonds. The first-order valence-electron chi connectivity index (χ1n) is 3.83. The summed E-state index contributed by atoms with van der Waals surface area (Å²) in [5.74, 6) is -0.451. The van der Waals surface area contributed by atoms with Crippen LogP contribution in [0, 0.1) is 0 Å². The van der Waals surface area contributed by atoms with Gasteiger partial charge in [0.25, 0.3) is 0 Å². The number of rotatable bonds is 6. The Kier molecular flexibility index (Phi) is 6.86. The van der Waals surface area contributed by atoms with Crippen LogP contribution in [0.3, 0.4) is 0 Å². The first kappa shape index (κ1) is 12.6. The maximum Gasteiger partial charge on any atom is 0.334 e. The molecule has 0 N–H and O–H groups in total. The van der Waals surface area contributed by atoms with Crippen LogP contribution in [0.5, 0.6) is 0 Å². The van der Waals surface area contributed by atoms with Crippen molar-refractivity contribution in [1.82, 2.24) is 0 Å². The molecule has 0 aromatic rings. The Bertz CT molecular complexity index is 182. The van der Waals surface area contributed by atoms with E-state index in [-0.39, 0.29) is 0 Å². The molecule has 0 saturated carbocycles. The van der Waals surface area contributed by atoms with Gasteiger partial charge in [0, 0.05) is 20.4 Å². The van der Waals surface area contributed by atoms with Gasteiger partial charge >= 0.3 is 5.97 Å². The summed E-state index contributed by atoms with van der Waals surface area (Å²) >= 11 is 0. The van der Waals surface area contributed by atoms with Crippen molar-refractivity contribution < 1.29 is 23.4 Å². The maximum absolute atomic E-state index is 11.0. The van der Waals surface area contributed by atoms with Crippen LogP contribution in [0.15, 0.2) is 0 Å². The first-order valence-corrected chi connectivity index (χ1v) is 5.35. The van der Waals surface area contributed by atoms with Crippen LogP contribution in [0.4, 0.5) is 0 Å². The van der Waals surface area contributed by atoms with Crippen molar-refractivity contribution in [3.63, 3.8) is 0 Å². The van der Waals surface area contributed by atoms with Crippen molar-refractivity contribution in [3.8, 4) is 0 Å². The van der Waals surface area contributed by atoms with Gasteiger partial charge in [0.15, 0.2) is 14.1 Å². The van der Waals surface area contributed by atoms with Gasteiger partial charge in [-0.2, -0.15) is 0 Å². The number of hydrogen-bond donors (Lipinski definition) is 0. The summed E-state index contributed by atoms with van der Waals surface area (Å²) in [5, 5.41) is 0. The maximum atomic E-state index is 11.0. The molecule has 0 aromatic carbocycles. The predicted octanol–water partition coefficient (Wildman–Crippen LogP) is 0.686. The van der Waals surface area contributed by atoms with E-state index in [1.54, 1.807) is 0 Å². The molecule has 0 bridgehead atoms. The lowest BCUT2D eigenvalue weighted by atomic mass is 10.3. The number of carbonyl (C=O) groups excluding carboxylic acids is 1. The van der Waals surface area contributed by atoms with Crippen molar-refractivity contribution in [1.29, 1.82) is 0 Å². The number of ether oxygens (including phenoxy) is 2. The third kappa shape index (κ3) is 5.03. The van der Waals surface area contributed by atoms with E-state index in [0.717, 1.165) is 0 Å². The summed E-state index contributed by atoms with van der Waals surface area (Å²) in [7, 11) is 2.06. The highest BCUT2D eigenvalue weighted by molar-refractivity contribution is 7.39. The van der Waals surface area contributed by atoms with Gasteiger partial charge in [-0.15, -0.1) is 0 Å². The zero-order valence-electron chi connectivity index (χ0n) is 8.03. The van der Waals surface area contributed by atoms with E-state index >= 15 is 0 Å². The Labute approximate surface area is 78.2 Å². The predicted molar refractivity (Wildman–Crippen MR) is 48.3 cm³/mol. The smallest absolute Gasteiger partial charge is 0.334 e. The van der Waals surface area contributed by atoms with Crippen molar-refractivity contribution in [2.24, 2.45) is 0 Å². The molecule has 78 valence electrons. The first-order chi connectivity index (χ1) is 6.15. The lowest BCUT2D eigenvalue weighted by Crippen LogP contribution is -2.24. The second-order valence-corrected chi connectivity index (χ2v) is 4.01. The SMILES string of the molecule is COC(=O)C(CC[PH](=O)OC)OC. The van der Waals surface area contributed by atoms with E-state index < -0.39 is 20.1 Å². The summed E-state index contributed by atoms with van der Waals surface area (Å²) in [5.41, 5.74) is 0. The van der Waals surface area contributed by atoms with Crippen LogP contribution in [-0.2, 0) is 23.4 Å². The zero-order chi connectivity index (χ0) is 10.3. The Morgan fingerprint density at radius 2 is 2.00 bits per heavy atom. The highest BCUT2D eigenvalue weighted by Crippen LogP contribution is 2.22. The van der Waals surface area contributed by atoms with Gasteiger partial charge in [-0.1, -0.05) is 0 Å². The molecule has 0 heterocycles. The minimum atomic E-state index is -2.01. The van der Waals surface area contributed by atoms with Gasteiger partial charge in [0.2, 0.25) is 0 Å². The fourth-order valence-corrected chi connectivity index (χ4v) is 1.52. The van der Waals surface area contributed by atoms with E-state index in [1.807, 2.05) is 0 Å². The summed E-state index contributed by atoms with van der Waals surface area (Å²) in [6.07, 6.45) is 0.0398. The molecule has 2 unspecified atom stereocenters. The normalized spacial score (nSPS) is 15.0. The Morgan fingerprint density at radius 1 is 1.38 bits per heavy atom. The van der Waals surface area contributed by atoms with Gasteiger partial charge in [-0.25, -0.2) is 4.79 Å². The highest BCUT2D eigenvalue weighted by Gasteiger charge is 2.18. The second kappa shape index (κ2) is 7.06. The quantitative estimate of drug-likeness (QED) is 0.476. The highest BCUT2D eigenvalue weighted by atomic mass is 31.1. The summed E-state index contributed by atoms with van der Waals surface area (Å²) in [6, 6.07) is 0. The Hall–Kier alpha value is -0.380. The number of methoxy groups -OCH3 is 2. The molecule has 6 heteroatoms. The topological polar surface area (TPSA) is 61.8 Å². The van der Waals surface area contributed by atoms with Gasteiger partial charge in [0.05, 0.1) is 7.11 Å². The lowest BCUT2D eigenvalue weighted by Gasteiger charge is -2.11. The largest absolute Gasteiger partial charge is 0.467 e. The van der Waals surface area contributed by atoms with Gasteiger partial charge in [0.1, 0.15) is 0 Å². The standard InChI is InChI=1S/C7H15O5P/c1-10-6(7(8)11-2)4-5-13(9)12-3/h6,13H,4-5H2,1-3H3. The van der Waals surface area contributed by atoms with Crippen molar-refractivity contribution in [3.05, 3.63) is 0 Å². The van der Waals surface area contributed by atoms with E-state index in [1.165, 1.54) is 21.3 Å². The number of esters is 1. The fourth-order valence-electron chi connectivity index (χ4n) is 0.814. The average Bonchev–Trinajstić information content (AvgIpc) is 2.17. The van der Waals surface area contributed by atoms with Crippen LogP contribution >= 0.6 is 8.03 Å². The average molecular weight is 210 g/mol. The molecular formula is C7H15O5P. The van der Waals surface area contributed by atoms with Crippen molar-refractivity contribution in [2.45, 2.75) is 12.5 Å². The second-order valence-electron chi connectivity index (χ2n) is 2.36. The molecule has 0 aliphatic rings. The van der Waals surface area contributed by atoms with Crippen LogP contribution < -0.4 is 0 Å². The molecule has 13 heavy (non-hydrogen) atoms. The van der Waals surface area contributed by atoms with Gasteiger partial charge < -0.3 is 14.0 Å². The summed E-state index contributed by atoms with van der Waals surface area (Å²) in [6.45, 7) is 0. The van der Waals surface area contributed by atoms with Crippen LogP contribution in [-0.4, -0.2) is 39.6 Å². The molecule has 5 nitrogen and oxygen atoms in total. The molecule has 0 aromatic heterocycles. The third-order valence-electron chi connectivity index (χ3n) is 1.59. The monoisotopic (exact) mass is 210 g/mol. The summed E-state index contributed by atoms with van der Waals surface area (Å²) in [4.78, 5) is 11.0. The fraction of sp³-hybridized carbons (Fsp3) is 0.857. The van der Waals surface area contributed by atoms with Crippen molar-refractivity contribution >= 4 is 14.0 Å².